The van der Waals surface area contributed by atoms with Crippen LogP contribution in [-0.4, -0.2) is 50.8 Å². The van der Waals surface area contributed by atoms with E-state index in [4.69, 9.17) is 5.73 Å². The van der Waals surface area contributed by atoms with Crippen LogP contribution in [0.25, 0.3) is 0 Å². The zero-order valence-electron chi connectivity index (χ0n) is 12.6. The summed E-state index contributed by atoms with van der Waals surface area (Å²) in [4.78, 5) is 1.48. The van der Waals surface area contributed by atoms with Gasteiger partial charge in [-0.25, -0.2) is 12.8 Å². The van der Waals surface area contributed by atoms with Crippen molar-refractivity contribution in [2.45, 2.75) is 24.8 Å². The molecule has 0 bridgehead atoms. The van der Waals surface area contributed by atoms with Crippen molar-refractivity contribution < 1.29 is 12.8 Å². The summed E-state index contributed by atoms with van der Waals surface area (Å²) in [5.41, 5.74) is 5.83. The van der Waals surface area contributed by atoms with Gasteiger partial charge in [-0.3, -0.25) is 0 Å². The molecule has 0 aliphatic heterocycles. The average molecular weight is 382 g/mol. The molecule has 0 spiro atoms. The molecule has 0 heterocycles. The van der Waals surface area contributed by atoms with E-state index in [2.05, 4.69) is 15.9 Å². The fraction of sp³-hybridized carbons (Fsp3) is 0.538. The van der Waals surface area contributed by atoms with Crippen LogP contribution in [-0.2, 0) is 10.0 Å². The molecule has 0 radical (unpaired) electrons. The maximum absolute atomic E-state index is 14.2. The molecule has 21 heavy (non-hydrogen) atoms. The third kappa shape index (κ3) is 4.15. The first-order valence-corrected chi connectivity index (χ1v) is 8.75. The number of hydrogen-bond acceptors (Lipinski definition) is 4. The van der Waals surface area contributed by atoms with Gasteiger partial charge in [0.05, 0.1) is 4.47 Å². The minimum Gasteiger partial charge on any atom is -0.399 e. The molecule has 8 heteroatoms. The highest BCUT2D eigenvalue weighted by atomic mass is 79.9. The Kier molecular flexibility index (Phi) is 6.15. The molecule has 1 aromatic carbocycles. The molecule has 120 valence electrons. The third-order valence-corrected chi connectivity index (χ3v) is 5.70. The fourth-order valence-electron chi connectivity index (χ4n) is 2.24. The van der Waals surface area contributed by atoms with E-state index in [-0.39, 0.29) is 22.7 Å². The Labute approximate surface area is 134 Å². The lowest BCUT2D eigenvalue weighted by molar-refractivity contribution is 0.271. The summed E-state index contributed by atoms with van der Waals surface area (Å²) in [6.07, 6.45) is 0. The molecule has 1 atom stereocenters. The van der Waals surface area contributed by atoms with Crippen LogP contribution >= 0.6 is 15.9 Å². The van der Waals surface area contributed by atoms with Crippen molar-refractivity contribution in [2.24, 2.45) is 0 Å². The molecule has 0 fully saturated rings. The summed E-state index contributed by atoms with van der Waals surface area (Å²) in [6, 6.07) is 2.21. The Bertz CT molecular complexity index is 608. The fourth-order valence-corrected chi connectivity index (χ4v) is 4.60. The standard InChI is InChI=1S/C13H21BrFN3O2S/c1-5-18(9(2)8-17(3)4)21(19,20)12-7-10(16)6-11(14)13(12)15/h6-7,9H,5,8,16H2,1-4H3. The van der Waals surface area contributed by atoms with E-state index in [0.717, 1.165) is 6.07 Å². The van der Waals surface area contributed by atoms with Gasteiger partial charge in [-0.2, -0.15) is 4.31 Å². The molecular formula is C13H21BrFN3O2S. The number of benzene rings is 1. The zero-order chi connectivity index (χ0) is 16.4. The van der Waals surface area contributed by atoms with Gasteiger partial charge in [0, 0.05) is 24.8 Å². The Morgan fingerprint density at radius 1 is 1.38 bits per heavy atom. The number of anilines is 1. The van der Waals surface area contributed by atoms with Crippen molar-refractivity contribution >= 4 is 31.6 Å². The van der Waals surface area contributed by atoms with Crippen LogP contribution in [0.4, 0.5) is 10.1 Å². The maximum atomic E-state index is 14.2. The number of nitrogen functional groups attached to an aromatic ring is 1. The van der Waals surface area contributed by atoms with Gasteiger partial charge in [0.15, 0.2) is 5.82 Å². The number of halogens is 2. The van der Waals surface area contributed by atoms with Gasteiger partial charge in [0.1, 0.15) is 4.90 Å². The van der Waals surface area contributed by atoms with E-state index >= 15 is 0 Å². The average Bonchev–Trinajstić information content (AvgIpc) is 2.32. The minimum atomic E-state index is -3.95. The summed E-state index contributed by atoms with van der Waals surface area (Å²) >= 11 is 2.99. The molecule has 5 nitrogen and oxygen atoms in total. The number of likely N-dealkylation sites (N-methyl/N-ethyl adjacent to an activating group) is 2. The van der Waals surface area contributed by atoms with Crippen LogP contribution in [0.5, 0.6) is 0 Å². The van der Waals surface area contributed by atoms with Crippen LogP contribution in [0.1, 0.15) is 13.8 Å². The van der Waals surface area contributed by atoms with E-state index in [0.29, 0.717) is 6.54 Å². The first-order valence-electron chi connectivity index (χ1n) is 6.52. The molecule has 0 saturated carbocycles. The van der Waals surface area contributed by atoms with Crippen LogP contribution in [0.15, 0.2) is 21.5 Å². The number of nitrogens with zero attached hydrogens (tertiary/aromatic N) is 2. The van der Waals surface area contributed by atoms with E-state index < -0.39 is 20.7 Å². The first-order chi connectivity index (χ1) is 9.61. The van der Waals surface area contributed by atoms with E-state index in [1.165, 1.54) is 10.4 Å². The highest BCUT2D eigenvalue weighted by Gasteiger charge is 2.31. The number of nitrogens with two attached hydrogens (primary N) is 1. The molecule has 0 aromatic heterocycles. The van der Waals surface area contributed by atoms with Crippen molar-refractivity contribution in [3.63, 3.8) is 0 Å². The number of hydrogen-bond donors (Lipinski definition) is 1. The van der Waals surface area contributed by atoms with Gasteiger partial charge in [0.2, 0.25) is 10.0 Å². The second-order valence-electron chi connectivity index (χ2n) is 5.13. The molecular weight excluding hydrogens is 361 g/mol. The number of rotatable bonds is 6. The molecule has 1 rings (SSSR count). The first kappa shape index (κ1) is 18.3. The van der Waals surface area contributed by atoms with E-state index in [1.54, 1.807) is 13.8 Å². The number of sulfonamides is 1. The van der Waals surface area contributed by atoms with Crippen molar-refractivity contribution in [2.75, 3.05) is 32.9 Å². The van der Waals surface area contributed by atoms with E-state index in [9.17, 15) is 12.8 Å². The normalized spacial score (nSPS) is 13.9. The largest absolute Gasteiger partial charge is 0.399 e. The maximum Gasteiger partial charge on any atom is 0.246 e. The Hall–Kier alpha value is -0.700. The smallest absolute Gasteiger partial charge is 0.246 e. The molecule has 0 saturated heterocycles. The van der Waals surface area contributed by atoms with Gasteiger partial charge in [-0.05, 0) is 49.1 Å². The quantitative estimate of drug-likeness (QED) is 0.766. The molecule has 0 amide bonds. The Morgan fingerprint density at radius 2 is 1.95 bits per heavy atom. The van der Waals surface area contributed by atoms with Gasteiger partial charge in [-0.15, -0.1) is 0 Å². The molecule has 1 aromatic rings. The van der Waals surface area contributed by atoms with Gasteiger partial charge in [-0.1, -0.05) is 6.92 Å². The molecule has 0 aliphatic carbocycles. The summed E-state index contributed by atoms with van der Waals surface area (Å²) in [6.45, 7) is 4.31. The van der Waals surface area contributed by atoms with Crippen molar-refractivity contribution in [3.05, 3.63) is 22.4 Å². The monoisotopic (exact) mass is 381 g/mol. The van der Waals surface area contributed by atoms with Crippen LogP contribution in [0.2, 0.25) is 0 Å². The summed E-state index contributed by atoms with van der Waals surface area (Å²) in [7, 11) is -0.238. The summed E-state index contributed by atoms with van der Waals surface area (Å²) < 4.78 is 40.9. The van der Waals surface area contributed by atoms with Gasteiger partial charge in [0.25, 0.3) is 0 Å². The second-order valence-corrected chi connectivity index (χ2v) is 7.85. The van der Waals surface area contributed by atoms with Crippen molar-refractivity contribution in [1.29, 1.82) is 0 Å². The lowest BCUT2D eigenvalue weighted by Gasteiger charge is -2.29. The predicted octanol–water partition coefficient (Wildman–Crippen LogP) is 2.13. The summed E-state index contributed by atoms with van der Waals surface area (Å²) in [5, 5.41) is 0. The topological polar surface area (TPSA) is 66.6 Å². The van der Waals surface area contributed by atoms with Crippen molar-refractivity contribution in [3.8, 4) is 0 Å². The zero-order valence-corrected chi connectivity index (χ0v) is 15.0. The SMILES string of the molecule is CCN(C(C)CN(C)C)S(=O)(=O)c1cc(N)cc(Br)c1F. The predicted molar refractivity (Wildman–Crippen MR) is 86.1 cm³/mol. The third-order valence-electron chi connectivity index (χ3n) is 3.04. The lowest BCUT2D eigenvalue weighted by atomic mass is 10.3. The van der Waals surface area contributed by atoms with Gasteiger partial charge >= 0.3 is 0 Å². The highest BCUT2D eigenvalue weighted by Crippen LogP contribution is 2.29. The Balaban J connectivity index is 3.32. The summed E-state index contributed by atoms with van der Waals surface area (Å²) in [5.74, 6) is -0.820. The molecule has 2 N–H and O–H groups in total. The van der Waals surface area contributed by atoms with Crippen LogP contribution in [0.3, 0.4) is 0 Å². The highest BCUT2D eigenvalue weighted by molar-refractivity contribution is 9.10. The van der Waals surface area contributed by atoms with E-state index in [1.807, 2.05) is 19.0 Å². The molecule has 1 unspecified atom stereocenters. The lowest BCUT2D eigenvalue weighted by Crippen LogP contribution is -2.43. The van der Waals surface area contributed by atoms with Crippen LogP contribution < -0.4 is 5.73 Å². The minimum absolute atomic E-state index is 0.0393. The van der Waals surface area contributed by atoms with Crippen LogP contribution in [0, 0.1) is 5.82 Å². The van der Waals surface area contributed by atoms with Crippen molar-refractivity contribution in [1.82, 2.24) is 9.21 Å². The van der Waals surface area contributed by atoms with Gasteiger partial charge < -0.3 is 10.6 Å². The second kappa shape index (κ2) is 7.04. The molecule has 0 aliphatic rings. The Morgan fingerprint density at radius 3 is 2.43 bits per heavy atom.